The molecule has 1 amide bonds. The smallest absolute Gasteiger partial charge is 0.414 e. The number of ether oxygens (including phenoxy) is 3. The van der Waals surface area contributed by atoms with E-state index >= 15 is 0 Å². The molecule has 0 bridgehead atoms. The van der Waals surface area contributed by atoms with Crippen LogP contribution in [0.15, 0.2) is 12.1 Å². The van der Waals surface area contributed by atoms with Crippen molar-refractivity contribution in [2.45, 2.75) is 131 Å². The minimum absolute atomic E-state index is 0.0296. The summed E-state index contributed by atoms with van der Waals surface area (Å²) >= 11 is 0. The third-order valence-electron chi connectivity index (χ3n) is 6.33. The number of carbonyl (C=O) groups excluding carboxylic acids is 2. The number of carbonyl (C=O) groups is 2. The zero-order valence-corrected chi connectivity index (χ0v) is 27.6. The molecule has 0 saturated carbocycles. The second-order valence-electron chi connectivity index (χ2n) is 13.7. The maximum Gasteiger partial charge on any atom is 0.414 e. The van der Waals surface area contributed by atoms with Crippen molar-refractivity contribution in [1.29, 1.82) is 0 Å². The lowest BCUT2D eigenvalue weighted by Gasteiger charge is -2.37. The predicted octanol–water partition coefficient (Wildman–Crippen LogP) is 7.00. The van der Waals surface area contributed by atoms with E-state index in [1.807, 2.05) is 55.4 Å². The molecule has 0 aliphatic carbocycles. The standard InChI is InChI=1S/C30H53NO7Si/c1-21(2)36-25-19-23(18-22(20-32)24(25)14-15-26(33)37-28(3,4)5)31(27(34)38-29(6,7)8)16-17-35-39(12,13)30(9,10)11/h18-19,21,32H,14-17,20H2,1-13H3. The van der Waals surface area contributed by atoms with Gasteiger partial charge in [-0.25, -0.2) is 4.79 Å². The van der Waals surface area contributed by atoms with Crippen molar-refractivity contribution in [2.75, 3.05) is 18.1 Å². The Kier molecular flexibility index (Phi) is 12.1. The van der Waals surface area contributed by atoms with Gasteiger partial charge in [0.05, 0.1) is 31.5 Å². The van der Waals surface area contributed by atoms with E-state index in [1.165, 1.54) is 4.90 Å². The molecule has 0 aliphatic rings. The van der Waals surface area contributed by atoms with Gasteiger partial charge in [-0.1, -0.05) is 20.8 Å². The van der Waals surface area contributed by atoms with Crippen molar-refractivity contribution in [3.05, 3.63) is 23.3 Å². The normalized spacial score (nSPS) is 12.9. The molecule has 8 nitrogen and oxygen atoms in total. The van der Waals surface area contributed by atoms with Crippen LogP contribution in [0.2, 0.25) is 18.1 Å². The lowest BCUT2D eigenvalue weighted by molar-refractivity contribution is -0.154. The summed E-state index contributed by atoms with van der Waals surface area (Å²) in [4.78, 5) is 27.3. The second kappa shape index (κ2) is 13.5. The van der Waals surface area contributed by atoms with Gasteiger partial charge in [0.1, 0.15) is 17.0 Å². The first-order valence-electron chi connectivity index (χ1n) is 13.9. The van der Waals surface area contributed by atoms with Crippen LogP contribution >= 0.6 is 0 Å². The van der Waals surface area contributed by atoms with Gasteiger partial charge in [-0.15, -0.1) is 0 Å². The zero-order chi connectivity index (χ0) is 30.4. The molecule has 0 saturated heterocycles. The fraction of sp³-hybridized carbons (Fsp3) is 0.733. The van der Waals surface area contributed by atoms with Gasteiger partial charge in [0.2, 0.25) is 0 Å². The van der Waals surface area contributed by atoms with E-state index in [1.54, 1.807) is 12.1 Å². The molecule has 224 valence electrons. The van der Waals surface area contributed by atoms with Gasteiger partial charge >= 0.3 is 12.1 Å². The van der Waals surface area contributed by atoms with Gasteiger partial charge in [-0.2, -0.15) is 0 Å². The van der Waals surface area contributed by atoms with Crippen LogP contribution < -0.4 is 9.64 Å². The third-order valence-corrected chi connectivity index (χ3v) is 10.9. The van der Waals surface area contributed by atoms with Crippen LogP contribution in [0.5, 0.6) is 5.75 Å². The average molecular weight is 568 g/mol. The summed E-state index contributed by atoms with van der Waals surface area (Å²) in [6.07, 6.45) is -0.214. The maximum atomic E-state index is 13.4. The van der Waals surface area contributed by atoms with E-state index in [0.717, 1.165) is 0 Å². The summed E-state index contributed by atoms with van der Waals surface area (Å²) in [7, 11) is -2.04. The van der Waals surface area contributed by atoms with Crippen LogP contribution in [0.1, 0.15) is 93.7 Å². The molecule has 0 radical (unpaired) electrons. The zero-order valence-electron chi connectivity index (χ0n) is 26.6. The molecule has 0 aliphatic heterocycles. The Hall–Kier alpha value is -2.10. The lowest BCUT2D eigenvalue weighted by Crippen LogP contribution is -2.44. The molecule has 0 aromatic heterocycles. The molecule has 0 fully saturated rings. The van der Waals surface area contributed by atoms with Crippen LogP contribution in [0.4, 0.5) is 10.5 Å². The number of aliphatic hydroxyl groups is 1. The van der Waals surface area contributed by atoms with Crippen molar-refractivity contribution in [3.63, 3.8) is 0 Å². The van der Waals surface area contributed by atoms with Crippen molar-refractivity contribution in [1.82, 2.24) is 0 Å². The monoisotopic (exact) mass is 567 g/mol. The SMILES string of the molecule is CC(C)Oc1cc(N(CCO[Si](C)(C)C(C)(C)C)C(=O)OC(C)(C)C)cc(CO)c1CCC(=O)OC(C)(C)C. The number of nitrogens with zero attached hydrogens (tertiary/aromatic N) is 1. The number of hydrogen-bond acceptors (Lipinski definition) is 7. The summed E-state index contributed by atoms with van der Waals surface area (Å²) in [6.45, 7) is 25.9. The number of aliphatic hydroxyl groups excluding tert-OH is 1. The molecule has 0 spiro atoms. The number of hydrogen-bond donors (Lipinski definition) is 1. The molecule has 0 unspecified atom stereocenters. The van der Waals surface area contributed by atoms with Crippen LogP contribution in [0.25, 0.3) is 0 Å². The molecule has 39 heavy (non-hydrogen) atoms. The maximum absolute atomic E-state index is 13.4. The van der Waals surface area contributed by atoms with E-state index in [2.05, 4.69) is 33.9 Å². The third kappa shape index (κ3) is 11.9. The van der Waals surface area contributed by atoms with E-state index in [-0.39, 0.29) is 36.7 Å². The fourth-order valence-corrected chi connectivity index (χ4v) is 4.53. The average Bonchev–Trinajstić information content (AvgIpc) is 2.71. The van der Waals surface area contributed by atoms with Gasteiger partial charge in [-0.3, -0.25) is 9.69 Å². The highest BCUT2D eigenvalue weighted by atomic mass is 28.4. The van der Waals surface area contributed by atoms with Crippen LogP contribution in [-0.4, -0.2) is 55.9 Å². The number of amides is 1. The van der Waals surface area contributed by atoms with Crippen LogP contribution in [0, 0.1) is 0 Å². The Morgan fingerprint density at radius 3 is 1.97 bits per heavy atom. The summed E-state index contributed by atoms with van der Waals surface area (Å²) in [6, 6.07) is 3.54. The van der Waals surface area contributed by atoms with Crippen molar-refractivity contribution < 1.29 is 33.3 Å². The van der Waals surface area contributed by atoms with E-state index in [9.17, 15) is 14.7 Å². The van der Waals surface area contributed by atoms with Gasteiger partial charge in [0.25, 0.3) is 0 Å². The number of benzene rings is 1. The molecule has 9 heteroatoms. The van der Waals surface area contributed by atoms with E-state index in [0.29, 0.717) is 35.6 Å². The van der Waals surface area contributed by atoms with Crippen molar-refractivity contribution in [2.24, 2.45) is 0 Å². The van der Waals surface area contributed by atoms with Crippen molar-refractivity contribution in [3.8, 4) is 5.75 Å². The Morgan fingerprint density at radius 1 is 0.949 bits per heavy atom. The number of rotatable bonds is 11. The summed E-state index contributed by atoms with van der Waals surface area (Å²) in [5, 5.41) is 10.3. The van der Waals surface area contributed by atoms with Gasteiger partial charge in [0.15, 0.2) is 8.32 Å². The predicted molar refractivity (Wildman–Crippen MR) is 159 cm³/mol. The first-order chi connectivity index (χ1) is 17.6. The number of esters is 1. The Balaban J connectivity index is 3.45. The molecule has 1 aromatic carbocycles. The highest BCUT2D eigenvalue weighted by Crippen LogP contribution is 2.37. The Bertz CT molecular complexity index is 969. The van der Waals surface area contributed by atoms with E-state index < -0.39 is 25.6 Å². The largest absolute Gasteiger partial charge is 0.491 e. The van der Waals surface area contributed by atoms with Gasteiger partial charge in [0, 0.05) is 18.1 Å². The van der Waals surface area contributed by atoms with E-state index in [4.69, 9.17) is 18.6 Å². The van der Waals surface area contributed by atoms with Crippen LogP contribution in [0.3, 0.4) is 0 Å². The first-order valence-corrected chi connectivity index (χ1v) is 16.8. The fourth-order valence-electron chi connectivity index (χ4n) is 3.50. The summed E-state index contributed by atoms with van der Waals surface area (Å²) < 4.78 is 23.7. The highest BCUT2D eigenvalue weighted by molar-refractivity contribution is 6.74. The molecule has 1 aromatic rings. The number of anilines is 1. The summed E-state index contributed by atoms with van der Waals surface area (Å²) in [5.74, 6) is 0.179. The Morgan fingerprint density at radius 2 is 1.51 bits per heavy atom. The molecule has 1 rings (SSSR count). The Labute approximate surface area is 237 Å². The van der Waals surface area contributed by atoms with Crippen LogP contribution in [-0.2, 0) is 31.7 Å². The second-order valence-corrected chi connectivity index (χ2v) is 18.5. The van der Waals surface area contributed by atoms with Gasteiger partial charge < -0.3 is 23.7 Å². The quantitative estimate of drug-likeness (QED) is 0.227. The molecular formula is C30H53NO7Si. The minimum Gasteiger partial charge on any atom is -0.491 e. The molecule has 0 atom stereocenters. The lowest BCUT2D eigenvalue weighted by atomic mass is 10.00. The highest BCUT2D eigenvalue weighted by Gasteiger charge is 2.37. The molecule has 1 N–H and O–H groups in total. The van der Waals surface area contributed by atoms with Crippen molar-refractivity contribution >= 4 is 26.1 Å². The molecular weight excluding hydrogens is 514 g/mol. The van der Waals surface area contributed by atoms with Gasteiger partial charge in [-0.05, 0) is 91.6 Å². The summed E-state index contributed by atoms with van der Waals surface area (Å²) in [5.41, 5.74) is 0.537. The first kappa shape index (κ1) is 34.9. The minimum atomic E-state index is -2.04. The topological polar surface area (TPSA) is 94.5 Å². The molecule has 0 heterocycles.